The molecule has 0 aromatic heterocycles. The van der Waals surface area contributed by atoms with Crippen molar-refractivity contribution >= 4 is 39.0 Å². The van der Waals surface area contributed by atoms with Crippen molar-refractivity contribution in [2.24, 2.45) is 0 Å². The van der Waals surface area contributed by atoms with E-state index >= 15 is 0 Å². The van der Waals surface area contributed by atoms with Crippen LogP contribution < -0.4 is 14.4 Å². The fraction of sp³-hybridized carbons (Fsp3) is 0.125. The molecule has 28 heavy (non-hydrogen) atoms. The SMILES string of the molecule is O=C(O)CN1C(=O)COc2ccc(S(=O)(=O)Nc3cccc([N+](=O)[O-])c3)cc21. The Labute approximate surface area is 158 Å². The van der Waals surface area contributed by atoms with Crippen LogP contribution in [0.25, 0.3) is 0 Å². The molecule has 1 heterocycles. The van der Waals surface area contributed by atoms with Gasteiger partial charge in [-0.2, -0.15) is 0 Å². The second kappa shape index (κ2) is 7.15. The summed E-state index contributed by atoms with van der Waals surface area (Å²) in [6.45, 7) is -1.02. The van der Waals surface area contributed by atoms with Gasteiger partial charge >= 0.3 is 5.97 Å². The molecule has 2 aromatic rings. The number of hydrogen-bond acceptors (Lipinski definition) is 7. The molecule has 146 valence electrons. The second-order valence-electron chi connectivity index (χ2n) is 5.70. The Balaban J connectivity index is 1.96. The summed E-state index contributed by atoms with van der Waals surface area (Å²) in [5.41, 5.74) is -0.320. The number of non-ortho nitro benzene ring substituents is 1. The second-order valence-corrected chi connectivity index (χ2v) is 7.39. The lowest BCUT2D eigenvalue weighted by Gasteiger charge is -2.28. The van der Waals surface area contributed by atoms with Crippen molar-refractivity contribution in [1.82, 2.24) is 0 Å². The van der Waals surface area contributed by atoms with Crippen LogP contribution in [0.1, 0.15) is 0 Å². The molecule has 1 aliphatic heterocycles. The molecule has 1 aliphatic rings. The molecule has 0 saturated carbocycles. The number of nitro benzene ring substituents is 1. The lowest BCUT2D eigenvalue weighted by atomic mass is 10.2. The van der Waals surface area contributed by atoms with Crippen molar-refractivity contribution in [3.63, 3.8) is 0 Å². The topological polar surface area (TPSA) is 156 Å². The standard InChI is InChI=1S/C16H13N3O8S/c20-15-9-27-14-5-4-12(7-13(14)18(15)8-16(21)22)28(25,26)17-10-2-1-3-11(6-10)19(23)24/h1-7,17H,8-9H2,(H,21,22). The Hall–Kier alpha value is -3.67. The highest BCUT2D eigenvalue weighted by molar-refractivity contribution is 7.92. The molecule has 0 atom stereocenters. The average Bonchev–Trinajstić information content (AvgIpc) is 2.63. The normalized spacial score (nSPS) is 13.4. The van der Waals surface area contributed by atoms with E-state index in [1.165, 1.54) is 30.3 Å². The minimum absolute atomic E-state index is 0.000525. The van der Waals surface area contributed by atoms with E-state index in [0.29, 0.717) is 0 Å². The molecule has 3 rings (SSSR count). The minimum atomic E-state index is -4.17. The van der Waals surface area contributed by atoms with Crippen LogP contribution in [0.5, 0.6) is 5.75 Å². The van der Waals surface area contributed by atoms with Crippen molar-refractivity contribution in [3.05, 3.63) is 52.6 Å². The summed E-state index contributed by atoms with van der Waals surface area (Å²) in [5, 5.41) is 19.8. The number of carbonyl (C=O) groups excluding carboxylic acids is 1. The van der Waals surface area contributed by atoms with Gasteiger partial charge in [0, 0.05) is 12.1 Å². The van der Waals surface area contributed by atoms with Crippen LogP contribution in [0.3, 0.4) is 0 Å². The smallest absolute Gasteiger partial charge is 0.323 e. The van der Waals surface area contributed by atoms with E-state index in [2.05, 4.69) is 4.72 Å². The van der Waals surface area contributed by atoms with Gasteiger partial charge in [-0.15, -0.1) is 0 Å². The van der Waals surface area contributed by atoms with E-state index in [9.17, 15) is 28.1 Å². The number of fused-ring (bicyclic) bond motifs is 1. The maximum absolute atomic E-state index is 12.6. The van der Waals surface area contributed by atoms with Gasteiger partial charge in [0.25, 0.3) is 21.6 Å². The number of carbonyl (C=O) groups is 2. The molecule has 0 fully saturated rings. The van der Waals surface area contributed by atoms with Gasteiger partial charge in [-0.3, -0.25) is 29.3 Å². The highest BCUT2D eigenvalue weighted by atomic mass is 32.2. The van der Waals surface area contributed by atoms with Crippen molar-refractivity contribution in [1.29, 1.82) is 0 Å². The molecule has 0 saturated heterocycles. The molecule has 0 radical (unpaired) electrons. The predicted molar refractivity (Wildman–Crippen MR) is 95.8 cm³/mol. The van der Waals surface area contributed by atoms with Gasteiger partial charge in [0.2, 0.25) is 0 Å². The summed E-state index contributed by atoms with van der Waals surface area (Å²) >= 11 is 0. The van der Waals surface area contributed by atoms with Gasteiger partial charge in [0.05, 0.1) is 21.2 Å². The largest absolute Gasteiger partial charge is 0.482 e. The van der Waals surface area contributed by atoms with E-state index in [1.807, 2.05) is 0 Å². The number of ether oxygens (including phenoxy) is 1. The van der Waals surface area contributed by atoms with Crippen LogP contribution in [0, 0.1) is 10.1 Å². The lowest BCUT2D eigenvalue weighted by molar-refractivity contribution is -0.384. The molecule has 1 amide bonds. The van der Waals surface area contributed by atoms with Gasteiger partial charge in [-0.25, -0.2) is 8.42 Å². The van der Waals surface area contributed by atoms with Gasteiger partial charge in [0.15, 0.2) is 6.61 Å². The van der Waals surface area contributed by atoms with E-state index in [0.717, 1.165) is 17.0 Å². The summed E-state index contributed by atoms with van der Waals surface area (Å²) < 4.78 is 32.7. The zero-order valence-corrected chi connectivity index (χ0v) is 14.9. The Morgan fingerprint density at radius 3 is 2.71 bits per heavy atom. The number of carboxylic acid groups (broad SMARTS) is 1. The van der Waals surface area contributed by atoms with E-state index in [-0.39, 0.29) is 34.3 Å². The molecular weight excluding hydrogens is 394 g/mol. The molecule has 2 N–H and O–H groups in total. The number of nitro groups is 1. The van der Waals surface area contributed by atoms with Crippen molar-refractivity contribution < 1.29 is 32.8 Å². The summed E-state index contributed by atoms with van der Waals surface area (Å²) in [4.78, 5) is 33.8. The van der Waals surface area contributed by atoms with Crippen LogP contribution in [-0.4, -0.2) is 43.5 Å². The molecular formula is C16H13N3O8S. The molecule has 11 nitrogen and oxygen atoms in total. The third-order valence-electron chi connectivity index (χ3n) is 3.79. The average molecular weight is 407 g/mol. The van der Waals surface area contributed by atoms with Crippen LogP contribution in [0.2, 0.25) is 0 Å². The Kier molecular flexibility index (Phi) is 4.88. The fourth-order valence-corrected chi connectivity index (χ4v) is 3.62. The molecule has 2 aromatic carbocycles. The first-order valence-corrected chi connectivity index (χ1v) is 9.22. The number of sulfonamides is 1. The number of amides is 1. The number of rotatable bonds is 6. The number of nitrogens with zero attached hydrogens (tertiary/aromatic N) is 2. The fourth-order valence-electron chi connectivity index (χ4n) is 2.55. The monoisotopic (exact) mass is 407 g/mol. The van der Waals surface area contributed by atoms with Crippen LogP contribution in [0.4, 0.5) is 17.1 Å². The number of hydrogen-bond donors (Lipinski definition) is 2. The highest BCUT2D eigenvalue weighted by Crippen LogP contribution is 2.34. The minimum Gasteiger partial charge on any atom is -0.482 e. The zero-order chi connectivity index (χ0) is 20.5. The number of carboxylic acids is 1. The first kappa shape index (κ1) is 19.1. The summed E-state index contributed by atoms with van der Waals surface area (Å²) in [5.74, 6) is -1.74. The summed E-state index contributed by atoms with van der Waals surface area (Å²) in [6, 6.07) is 8.56. The van der Waals surface area contributed by atoms with Crippen LogP contribution in [-0.2, 0) is 19.6 Å². The van der Waals surface area contributed by atoms with Crippen molar-refractivity contribution in [2.75, 3.05) is 22.8 Å². The third-order valence-corrected chi connectivity index (χ3v) is 5.17. The van der Waals surface area contributed by atoms with Crippen LogP contribution in [0.15, 0.2) is 47.4 Å². The highest BCUT2D eigenvalue weighted by Gasteiger charge is 2.29. The van der Waals surface area contributed by atoms with Gasteiger partial charge in [-0.05, 0) is 24.3 Å². The Morgan fingerprint density at radius 1 is 1.29 bits per heavy atom. The molecule has 0 unspecified atom stereocenters. The van der Waals surface area contributed by atoms with E-state index in [4.69, 9.17) is 9.84 Å². The molecule has 12 heteroatoms. The van der Waals surface area contributed by atoms with Gasteiger partial charge in [0.1, 0.15) is 12.3 Å². The number of anilines is 2. The first-order valence-electron chi connectivity index (χ1n) is 7.73. The predicted octanol–water partition coefficient (Wildman–Crippen LogP) is 1.21. The number of nitrogens with one attached hydrogen (secondary N) is 1. The number of aliphatic carboxylic acids is 1. The molecule has 0 spiro atoms. The molecule has 0 bridgehead atoms. The maximum atomic E-state index is 12.6. The van der Waals surface area contributed by atoms with Crippen molar-refractivity contribution in [2.45, 2.75) is 4.90 Å². The van der Waals surface area contributed by atoms with Gasteiger partial charge < -0.3 is 9.84 Å². The summed E-state index contributed by atoms with van der Waals surface area (Å²) in [6.07, 6.45) is 0. The van der Waals surface area contributed by atoms with Crippen molar-refractivity contribution in [3.8, 4) is 5.75 Å². The number of benzene rings is 2. The summed E-state index contributed by atoms with van der Waals surface area (Å²) in [7, 11) is -4.17. The van der Waals surface area contributed by atoms with E-state index in [1.54, 1.807) is 0 Å². The first-order chi connectivity index (χ1) is 13.2. The Morgan fingerprint density at radius 2 is 2.04 bits per heavy atom. The van der Waals surface area contributed by atoms with Crippen LogP contribution >= 0.6 is 0 Å². The Bertz CT molecular complexity index is 1080. The van der Waals surface area contributed by atoms with Gasteiger partial charge in [-0.1, -0.05) is 6.07 Å². The van der Waals surface area contributed by atoms with E-state index < -0.39 is 33.4 Å². The molecule has 0 aliphatic carbocycles. The maximum Gasteiger partial charge on any atom is 0.323 e. The third kappa shape index (κ3) is 3.86. The zero-order valence-electron chi connectivity index (χ0n) is 14.1. The lowest BCUT2D eigenvalue weighted by Crippen LogP contribution is -2.42. The quantitative estimate of drug-likeness (QED) is 0.534.